The Labute approximate surface area is 99.0 Å². The van der Waals surface area contributed by atoms with Gasteiger partial charge in [-0.1, -0.05) is 27.5 Å². The number of halogens is 4. The summed E-state index contributed by atoms with van der Waals surface area (Å²) in [5, 5.41) is 8.78. The molecule has 0 saturated carbocycles. The maximum absolute atomic E-state index is 12.7. The zero-order valence-electron chi connectivity index (χ0n) is 7.48. The number of aromatic nitrogens is 1. The second-order valence-electron chi connectivity index (χ2n) is 2.71. The van der Waals surface area contributed by atoms with Crippen LogP contribution in [0.5, 0.6) is 0 Å². The molecule has 0 aliphatic rings. The van der Waals surface area contributed by atoms with Crippen LogP contribution >= 0.6 is 27.5 Å². The average molecular weight is 296 g/mol. The zero-order chi connectivity index (χ0) is 11.4. The van der Waals surface area contributed by atoms with Crippen molar-refractivity contribution in [2.45, 2.75) is 18.2 Å². The molecule has 0 aliphatic heterocycles. The van der Waals surface area contributed by atoms with Crippen molar-refractivity contribution in [3.63, 3.8) is 0 Å². The summed E-state index contributed by atoms with van der Waals surface area (Å²) in [7, 11) is 0. The van der Waals surface area contributed by atoms with Crippen molar-refractivity contribution in [1.29, 1.82) is 5.26 Å². The van der Waals surface area contributed by atoms with E-state index in [0.717, 1.165) is 0 Å². The summed E-state index contributed by atoms with van der Waals surface area (Å²) in [6, 6.07) is 1.83. The van der Waals surface area contributed by atoms with Crippen LogP contribution in [0.1, 0.15) is 23.2 Å². The van der Waals surface area contributed by atoms with E-state index in [0.29, 0.717) is 11.0 Å². The van der Waals surface area contributed by atoms with Gasteiger partial charge in [0.25, 0.3) is 6.43 Å². The van der Waals surface area contributed by atoms with Gasteiger partial charge in [0, 0.05) is 17.1 Å². The molecule has 0 fully saturated rings. The van der Waals surface area contributed by atoms with Gasteiger partial charge < -0.3 is 0 Å². The van der Waals surface area contributed by atoms with Crippen LogP contribution in [0, 0.1) is 11.3 Å². The molecule has 0 radical (unpaired) electrons. The van der Waals surface area contributed by atoms with Crippen molar-refractivity contribution in [2.24, 2.45) is 0 Å². The lowest BCUT2D eigenvalue weighted by Gasteiger charge is -2.11. The van der Waals surface area contributed by atoms with Crippen molar-refractivity contribution in [3.05, 3.63) is 28.0 Å². The summed E-state index contributed by atoms with van der Waals surface area (Å²) in [6.07, 6.45) is -1.63. The smallest absolute Gasteiger partial charge is 0.259 e. The molecule has 0 amide bonds. The van der Waals surface area contributed by atoms with E-state index >= 15 is 0 Å². The van der Waals surface area contributed by atoms with Crippen LogP contribution in [0.2, 0.25) is 5.02 Å². The molecular formula is C9H6BrClF2N2. The Morgan fingerprint density at radius 2 is 2.27 bits per heavy atom. The van der Waals surface area contributed by atoms with E-state index in [4.69, 9.17) is 16.9 Å². The topological polar surface area (TPSA) is 36.7 Å². The maximum Gasteiger partial charge on any atom is 0.265 e. The lowest BCUT2D eigenvalue weighted by Crippen LogP contribution is -2.02. The summed E-state index contributed by atoms with van der Waals surface area (Å²) in [5.74, 6) is 0. The molecule has 0 unspecified atom stereocenters. The van der Waals surface area contributed by atoms with E-state index in [1.54, 1.807) is 0 Å². The molecule has 0 spiro atoms. The van der Waals surface area contributed by atoms with Crippen LogP contribution in [0.15, 0.2) is 6.20 Å². The van der Waals surface area contributed by atoms with Gasteiger partial charge in [-0.05, 0) is 5.56 Å². The van der Waals surface area contributed by atoms with E-state index in [2.05, 4.69) is 20.9 Å². The molecule has 1 rings (SSSR count). The largest absolute Gasteiger partial charge is 0.265 e. The van der Waals surface area contributed by atoms with Gasteiger partial charge >= 0.3 is 0 Å². The summed E-state index contributed by atoms with van der Waals surface area (Å²) >= 11 is 8.75. The van der Waals surface area contributed by atoms with Gasteiger partial charge in [0.1, 0.15) is 0 Å². The fourth-order valence-corrected chi connectivity index (χ4v) is 1.94. The third-order valence-corrected chi connectivity index (χ3v) is 2.70. The molecular weight excluding hydrogens is 289 g/mol. The normalized spacial score (nSPS) is 10.4. The highest BCUT2D eigenvalue weighted by Gasteiger charge is 2.20. The molecule has 15 heavy (non-hydrogen) atoms. The molecule has 0 bridgehead atoms. The number of hydrogen-bond donors (Lipinski definition) is 0. The van der Waals surface area contributed by atoms with E-state index in [1.165, 1.54) is 6.20 Å². The Hall–Kier alpha value is -0.730. The quantitative estimate of drug-likeness (QED) is 0.798. The monoisotopic (exact) mass is 294 g/mol. The van der Waals surface area contributed by atoms with Crippen LogP contribution in [0.3, 0.4) is 0 Å². The van der Waals surface area contributed by atoms with Crippen LogP contribution < -0.4 is 0 Å². The number of pyridine rings is 1. The van der Waals surface area contributed by atoms with Gasteiger partial charge in [-0.3, -0.25) is 4.98 Å². The fraction of sp³-hybridized carbons (Fsp3) is 0.333. The van der Waals surface area contributed by atoms with E-state index < -0.39 is 6.43 Å². The molecule has 80 valence electrons. The highest BCUT2D eigenvalue weighted by molar-refractivity contribution is 9.08. The summed E-state index contributed by atoms with van der Waals surface area (Å²) < 4.78 is 25.4. The molecule has 0 aliphatic carbocycles. The minimum absolute atomic E-state index is 0.0973. The second kappa shape index (κ2) is 5.38. The third kappa shape index (κ3) is 2.64. The standard InChI is InChI=1S/C9H6BrClF2N2/c10-3-7-5(1-2-14)8(9(12)13)6(11)4-15-7/h4,9H,1,3H2. The number of nitriles is 1. The predicted molar refractivity (Wildman–Crippen MR) is 56.2 cm³/mol. The highest BCUT2D eigenvalue weighted by Crippen LogP contribution is 2.32. The predicted octanol–water partition coefficient (Wildman–Crippen LogP) is 3.63. The lowest BCUT2D eigenvalue weighted by molar-refractivity contribution is 0.150. The number of hydrogen-bond acceptors (Lipinski definition) is 2. The second-order valence-corrected chi connectivity index (χ2v) is 3.68. The summed E-state index contributed by atoms with van der Waals surface area (Å²) in [4.78, 5) is 3.90. The van der Waals surface area contributed by atoms with Gasteiger partial charge in [0.2, 0.25) is 0 Å². The first kappa shape index (κ1) is 12.3. The van der Waals surface area contributed by atoms with Gasteiger partial charge in [-0.15, -0.1) is 0 Å². The average Bonchev–Trinajstić information content (AvgIpc) is 2.18. The van der Waals surface area contributed by atoms with Crippen molar-refractivity contribution in [2.75, 3.05) is 0 Å². The molecule has 6 heteroatoms. The molecule has 0 aromatic carbocycles. The number of rotatable bonds is 3. The summed E-state index contributed by atoms with van der Waals surface area (Å²) in [6.45, 7) is 0. The fourth-order valence-electron chi connectivity index (χ4n) is 1.21. The lowest BCUT2D eigenvalue weighted by atomic mass is 10.0. The first-order valence-corrected chi connectivity index (χ1v) is 5.49. The van der Waals surface area contributed by atoms with E-state index in [-0.39, 0.29) is 22.6 Å². The van der Waals surface area contributed by atoms with Crippen molar-refractivity contribution in [1.82, 2.24) is 4.98 Å². The minimum atomic E-state index is -2.69. The molecule has 1 heterocycles. The van der Waals surface area contributed by atoms with Crippen molar-refractivity contribution in [3.8, 4) is 6.07 Å². The zero-order valence-corrected chi connectivity index (χ0v) is 9.82. The first-order valence-electron chi connectivity index (χ1n) is 3.99. The molecule has 0 atom stereocenters. The van der Waals surface area contributed by atoms with Gasteiger partial charge in [0.05, 0.1) is 23.2 Å². The Balaban J connectivity index is 3.38. The van der Waals surface area contributed by atoms with Crippen LogP contribution in [0.25, 0.3) is 0 Å². The molecule has 1 aromatic rings. The Morgan fingerprint density at radius 3 is 2.73 bits per heavy atom. The Bertz CT molecular complexity index is 404. The number of nitrogens with zero attached hydrogens (tertiary/aromatic N) is 2. The van der Waals surface area contributed by atoms with Crippen LogP contribution in [0.4, 0.5) is 8.78 Å². The molecule has 0 saturated heterocycles. The Kier molecular flexibility index (Phi) is 4.43. The molecule has 1 aromatic heterocycles. The summed E-state index contributed by atoms with van der Waals surface area (Å²) in [5.41, 5.74) is 0.357. The van der Waals surface area contributed by atoms with Crippen molar-refractivity contribution >= 4 is 27.5 Å². The maximum atomic E-state index is 12.7. The van der Waals surface area contributed by atoms with Gasteiger partial charge in [-0.2, -0.15) is 5.26 Å². The third-order valence-electron chi connectivity index (χ3n) is 1.87. The SMILES string of the molecule is N#CCc1c(CBr)ncc(Cl)c1C(F)F. The van der Waals surface area contributed by atoms with Crippen LogP contribution in [-0.2, 0) is 11.8 Å². The molecule has 2 nitrogen and oxygen atoms in total. The van der Waals surface area contributed by atoms with Gasteiger partial charge in [0.15, 0.2) is 0 Å². The first-order chi connectivity index (χ1) is 7.11. The minimum Gasteiger partial charge on any atom is -0.259 e. The highest BCUT2D eigenvalue weighted by atomic mass is 79.9. The number of alkyl halides is 3. The Morgan fingerprint density at radius 1 is 1.60 bits per heavy atom. The van der Waals surface area contributed by atoms with Crippen LogP contribution in [-0.4, -0.2) is 4.98 Å². The van der Waals surface area contributed by atoms with Crippen molar-refractivity contribution < 1.29 is 8.78 Å². The van der Waals surface area contributed by atoms with E-state index in [9.17, 15) is 8.78 Å². The van der Waals surface area contributed by atoms with E-state index in [1.807, 2.05) is 6.07 Å². The molecule has 0 N–H and O–H groups in total. The van der Waals surface area contributed by atoms with Gasteiger partial charge in [-0.25, -0.2) is 8.78 Å².